The summed E-state index contributed by atoms with van der Waals surface area (Å²) < 4.78 is 5.70. The molecule has 0 aliphatic carbocycles. The standard InChI is InChI=1S/C18H29NO2/c1-14(2)16-4-6-18(7-5-16)21-13-17(20)12-19-10-8-15(3)9-11-19/h4-7,14-15,17,20H,8-13H2,1-3H3/p+1. The molecule has 1 aromatic carbocycles. The first kappa shape index (κ1) is 16.3. The van der Waals surface area contributed by atoms with E-state index in [0.29, 0.717) is 12.5 Å². The van der Waals surface area contributed by atoms with Crippen molar-refractivity contribution in [2.75, 3.05) is 26.2 Å². The van der Waals surface area contributed by atoms with Gasteiger partial charge in [0.05, 0.1) is 13.1 Å². The van der Waals surface area contributed by atoms with E-state index in [1.165, 1.54) is 36.4 Å². The molecule has 1 atom stereocenters. The zero-order valence-electron chi connectivity index (χ0n) is 13.6. The Balaban J connectivity index is 1.72. The Morgan fingerprint density at radius 3 is 2.38 bits per heavy atom. The van der Waals surface area contributed by atoms with Crippen LogP contribution in [0, 0.1) is 5.92 Å². The second-order valence-corrected chi connectivity index (χ2v) is 6.83. The molecule has 1 heterocycles. The van der Waals surface area contributed by atoms with Crippen LogP contribution >= 0.6 is 0 Å². The molecule has 0 spiro atoms. The molecular weight excluding hydrogens is 262 g/mol. The summed E-state index contributed by atoms with van der Waals surface area (Å²) in [6.45, 7) is 10.2. The molecule has 21 heavy (non-hydrogen) atoms. The first-order valence-electron chi connectivity index (χ1n) is 8.29. The van der Waals surface area contributed by atoms with Crippen molar-refractivity contribution >= 4 is 0 Å². The van der Waals surface area contributed by atoms with Crippen molar-refractivity contribution in [3.05, 3.63) is 29.8 Å². The van der Waals surface area contributed by atoms with Crippen LogP contribution in [-0.4, -0.2) is 37.5 Å². The van der Waals surface area contributed by atoms with Crippen molar-refractivity contribution in [1.29, 1.82) is 0 Å². The summed E-state index contributed by atoms with van der Waals surface area (Å²) in [7, 11) is 0. The van der Waals surface area contributed by atoms with Gasteiger partial charge in [0.1, 0.15) is 25.0 Å². The summed E-state index contributed by atoms with van der Waals surface area (Å²) in [5.74, 6) is 2.23. The summed E-state index contributed by atoms with van der Waals surface area (Å²) in [6.07, 6.45) is 2.18. The van der Waals surface area contributed by atoms with Crippen molar-refractivity contribution in [2.45, 2.75) is 45.6 Å². The molecule has 2 N–H and O–H groups in total. The van der Waals surface area contributed by atoms with Gasteiger partial charge in [0.2, 0.25) is 0 Å². The van der Waals surface area contributed by atoms with Crippen LogP contribution in [0.3, 0.4) is 0 Å². The van der Waals surface area contributed by atoms with Crippen LogP contribution in [0.25, 0.3) is 0 Å². The molecule has 0 saturated carbocycles. The maximum absolute atomic E-state index is 10.1. The lowest BCUT2D eigenvalue weighted by molar-refractivity contribution is -0.909. The quantitative estimate of drug-likeness (QED) is 0.839. The molecule has 0 bridgehead atoms. The van der Waals surface area contributed by atoms with Gasteiger partial charge in [-0.25, -0.2) is 0 Å². The fourth-order valence-electron chi connectivity index (χ4n) is 2.91. The third-order valence-electron chi connectivity index (χ3n) is 4.49. The topological polar surface area (TPSA) is 33.9 Å². The third kappa shape index (κ3) is 5.33. The average Bonchev–Trinajstić information content (AvgIpc) is 2.48. The fourth-order valence-corrected chi connectivity index (χ4v) is 2.91. The van der Waals surface area contributed by atoms with Crippen LogP contribution in [0.4, 0.5) is 0 Å². The van der Waals surface area contributed by atoms with Gasteiger partial charge in [-0.3, -0.25) is 0 Å². The smallest absolute Gasteiger partial charge is 0.137 e. The molecule has 1 aliphatic heterocycles. The van der Waals surface area contributed by atoms with Crippen molar-refractivity contribution < 1.29 is 14.7 Å². The molecule has 118 valence electrons. The zero-order valence-corrected chi connectivity index (χ0v) is 13.6. The molecule has 1 aliphatic rings. The van der Waals surface area contributed by atoms with Crippen molar-refractivity contribution in [3.63, 3.8) is 0 Å². The number of hydrogen-bond donors (Lipinski definition) is 2. The number of piperidine rings is 1. The minimum atomic E-state index is -0.377. The molecule has 1 unspecified atom stereocenters. The summed E-state index contributed by atoms with van der Waals surface area (Å²) in [5.41, 5.74) is 1.31. The highest BCUT2D eigenvalue weighted by Gasteiger charge is 2.21. The number of hydrogen-bond acceptors (Lipinski definition) is 2. The van der Waals surface area contributed by atoms with Crippen LogP contribution in [0.1, 0.15) is 45.1 Å². The molecule has 1 fully saturated rings. The normalized spacial score (nSPS) is 24.0. The number of aliphatic hydroxyl groups excluding tert-OH is 1. The van der Waals surface area contributed by atoms with Crippen molar-refractivity contribution in [1.82, 2.24) is 0 Å². The van der Waals surface area contributed by atoms with Crippen LogP contribution < -0.4 is 9.64 Å². The van der Waals surface area contributed by atoms with Crippen molar-refractivity contribution in [3.8, 4) is 5.75 Å². The van der Waals surface area contributed by atoms with E-state index in [-0.39, 0.29) is 6.10 Å². The van der Waals surface area contributed by atoms with Gasteiger partial charge in [-0.15, -0.1) is 0 Å². The van der Waals surface area contributed by atoms with Gasteiger partial charge in [-0.05, 0) is 42.4 Å². The van der Waals surface area contributed by atoms with E-state index in [1.54, 1.807) is 0 Å². The summed E-state index contributed by atoms with van der Waals surface area (Å²) in [6, 6.07) is 8.20. The van der Waals surface area contributed by atoms with Gasteiger partial charge in [-0.1, -0.05) is 32.9 Å². The summed E-state index contributed by atoms with van der Waals surface area (Å²) in [5, 5.41) is 10.1. The molecule has 2 rings (SSSR count). The Labute approximate surface area is 128 Å². The number of benzene rings is 1. The van der Waals surface area contributed by atoms with Gasteiger partial charge in [0.25, 0.3) is 0 Å². The number of ether oxygens (including phenoxy) is 1. The number of rotatable bonds is 6. The SMILES string of the molecule is CC1CC[NH+](CC(O)COc2ccc(C(C)C)cc2)CC1. The average molecular weight is 292 g/mol. The van der Waals surface area contributed by atoms with Crippen LogP contribution in [0.15, 0.2) is 24.3 Å². The first-order valence-corrected chi connectivity index (χ1v) is 8.29. The molecule has 1 aromatic rings. The van der Waals surface area contributed by atoms with Gasteiger partial charge in [0, 0.05) is 0 Å². The van der Waals surface area contributed by atoms with E-state index >= 15 is 0 Å². The predicted octanol–water partition coefficient (Wildman–Crippen LogP) is 1.86. The van der Waals surface area contributed by atoms with Gasteiger partial charge in [-0.2, -0.15) is 0 Å². The van der Waals surface area contributed by atoms with Gasteiger partial charge >= 0.3 is 0 Å². The molecule has 1 saturated heterocycles. The highest BCUT2D eigenvalue weighted by molar-refractivity contribution is 5.28. The Hall–Kier alpha value is -1.06. The van der Waals surface area contributed by atoms with E-state index in [4.69, 9.17) is 4.74 Å². The maximum Gasteiger partial charge on any atom is 0.137 e. The fraction of sp³-hybridized carbons (Fsp3) is 0.667. The van der Waals surface area contributed by atoms with Gasteiger partial charge in [0.15, 0.2) is 0 Å². The number of nitrogens with one attached hydrogen (secondary N) is 1. The number of likely N-dealkylation sites (tertiary alicyclic amines) is 1. The lowest BCUT2D eigenvalue weighted by Crippen LogP contribution is -3.14. The largest absolute Gasteiger partial charge is 0.491 e. The molecule has 3 nitrogen and oxygen atoms in total. The number of quaternary nitrogens is 1. The second-order valence-electron chi connectivity index (χ2n) is 6.83. The molecular formula is C18H30NO2+. The monoisotopic (exact) mass is 292 g/mol. The number of aliphatic hydroxyl groups is 1. The minimum Gasteiger partial charge on any atom is -0.491 e. The second kappa shape index (κ2) is 7.81. The van der Waals surface area contributed by atoms with Crippen molar-refractivity contribution in [2.24, 2.45) is 5.92 Å². The van der Waals surface area contributed by atoms with E-state index < -0.39 is 0 Å². The van der Waals surface area contributed by atoms with E-state index in [1.807, 2.05) is 12.1 Å². The molecule has 0 amide bonds. The van der Waals surface area contributed by atoms with Crippen LogP contribution in [0.2, 0.25) is 0 Å². The lowest BCUT2D eigenvalue weighted by Gasteiger charge is -2.28. The maximum atomic E-state index is 10.1. The Morgan fingerprint density at radius 2 is 1.81 bits per heavy atom. The zero-order chi connectivity index (χ0) is 15.2. The van der Waals surface area contributed by atoms with Crippen LogP contribution in [0.5, 0.6) is 5.75 Å². The van der Waals surface area contributed by atoms with Gasteiger partial charge < -0.3 is 14.7 Å². The Kier molecular flexibility index (Phi) is 6.07. The Bertz CT molecular complexity index is 408. The molecule has 3 heteroatoms. The minimum absolute atomic E-state index is 0.377. The Morgan fingerprint density at radius 1 is 1.19 bits per heavy atom. The molecule has 0 radical (unpaired) electrons. The van der Waals surface area contributed by atoms with E-state index in [9.17, 15) is 5.11 Å². The predicted molar refractivity (Wildman–Crippen MR) is 86.0 cm³/mol. The summed E-state index contributed by atoms with van der Waals surface area (Å²) in [4.78, 5) is 1.51. The summed E-state index contributed by atoms with van der Waals surface area (Å²) >= 11 is 0. The highest BCUT2D eigenvalue weighted by Crippen LogP contribution is 2.18. The van der Waals surface area contributed by atoms with Crippen LogP contribution in [-0.2, 0) is 0 Å². The first-order chi connectivity index (χ1) is 10.0. The lowest BCUT2D eigenvalue weighted by atomic mass is 9.99. The third-order valence-corrected chi connectivity index (χ3v) is 4.49. The van der Waals surface area contributed by atoms with E-state index in [0.717, 1.165) is 18.2 Å². The molecule has 0 aromatic heterocycles. The highest BCUT2D eigenvalue weighted by atomic mass is 16.5. The van der Waals surface area contributed by atoms with E-state index in [2.05, 4.69) is 32.9 Å².